The van der Waals surface area contributed by atoms with Crippen LogP contribution in [0.3, 0.4) is 0 Å². The van der Waals surface area contributed by atoms with E-state index in [1.54, 1.807) is 5.57 Å². The van der Waals surface area contributed by atoms with Crippen molar-refractivity contribution < 1.29 is 0 Å². The van der Waals surface area contributed by atoms with E-state index in [0.717, 1.165) is 6.54 Å². The lowest BCUT2D eigenvalue weighted by atomic mass is 9.90. The van der Waals surface area contributed by atoms with E-state index < -0.39 is 0 Å². The summed E-state index contributed by atoms with van der Waals surface area (Å²) in [7, 11) is 0. The number of isothiocyanates is 1. The number of allylic oxidation sites excluding steroid dienone is 1. The summed E-state index contributed by atoms with van der Waals surface area (Å²) < 4.78 is 0. The lowest BCUT2D eigenvalue weighted by molar-refractivity contribution is 0.647. The highest BCUT2D eigenvalue weighted by molar-refractivity contribution is 7.78. The van der Waals surface area contributed by atoms with Crippen molar-refractivity contribution in [1.82, 2.24) is 0 Å². The van der Waals surface area contributed by atoms with Crippen molar-refractivity contribution in [3.8, 4) is 0 Å². The average molecular weight is 181 g/mol. The minimum Gasteiger partial charge on any atom is -0.228 e. The zero-order valence-corrected chi connectivity index (χ0v) is 8.41. The first-order valence-electron chi connectivity index (χ1n) is 4.62. The zero-order valence-electron chi connectivity index (χ0n) is 7.60. The molecule has 1 aliphatic carbocycles. The van der Waals surface area contributed by atoms with Crippen LogP contribution in [0.5, 0.6) is 0 Å². The third kappa shape index (κ3) is 2.54. The maximum Gasteiger partial charge on any atom is 0.0705 e. The molecule has 0 heterocycles. The Hall–Kier alpha value is -0.460. The Morgan fingerprint density at radius 1 is 1.33 bits per heavy atom. The third-order valence-corrected chi connectivity index (χ3v) is 2.60. The molecule has 0 saturated heterocycles. The highest BCUT2D eigenvalue weighted by Crippen LogP contribution is 2.26. The molecule has 0 fully saturated rings. The smallest absolute Gasteiger partial charge is 0.0705 e. The molecular weight excluding hydrogens is 166 g/mol. The van der Waals surface area contributed by atoms with Gasteiger partial charge in [-0.2, -0.15) is 0 Å². The van der Waals surface area contributed by atoms with Crippen molar-refractivity contribution in [1.29, 1.82) is 0 Å². The summed E-state index contributed by atoms with van der Waals surface area (Å²) in [6.45, 7) is 3.02. The Balaban J connectivity index is 2.65. The van der Waals surface area contributed by atoms with E-state index in [4.69, 9.17) is 0 Å². The molecule has 1 nitrogen and oxygen atoms in total. The normalized spacial score (nSPS) is 17.4. The van der Waals surface area contributed by atoms with Gasteiger partial charge in [0, 0.05) is 0 Å². The van der Waals surface area contributed by atoms with Crippen LogP contribution in [0.15, 0.2) is 16.1 Å². The maximum absolute atomic E-state index is 4.56. The zero-order chi connectivity index (χ0) is 8.81. The van der Waals surface area contributed by atoms with Crippen molar-refractivity contribution in [2.75, 3.05) is 6.54 Å². The first kappa shape index (κ1) is 9.63. The van der Waals surface area contributed by atoms with Gasteiger partial charge in [0.15, 0.2) is 0 Å². The molecule has 0 amide bonds. The Bertz CT molecular complexity index is 224. The molecule has 1 rings (SSSR count). The van der Waals surface area contributed by atoms with Gasteiger partial charge in [-0.25, -0.2) is 4.99 Å². The van der Waals surface area contributed by atoms with Gasteiger partial charge in [-0.3, -0.25) is 0 Å². The van der Waals surface area contributed by atoms with Crippen molar-refractivity contribution in [2.45, 2.75) is 39.0 Å². The minimum atomic E-state index is 0.798. The monoisotopic (exact) mass is 181 g/mol. The molecule has 0 aromatic rings. The SMILES string of the molecule is CCC1=C(CN=C=S)CCCC1. The predicted molar refractivity (Wildman–Crippen MR) is 55.7 cm³/mol. The summed E-state index contributed by atoms with van der Waals surface area (Å²) in [6, 6.07) is 0. The van der Waals surface area contributed by atoms with Crippen LogP contribution >= 0.6 is 12.2 Å². The van der Waals surface area contributed by atoms with Crippen LogP contribution in [0.1, 0.15) is 39.0 Å². The Labute approximate surface area is 79.6 Å². The lowest BCUT2D eigenvalue weighted by Crippen LogP contribution is -2.01. The van der Waals surface area contributed by atoms with E-state index in [2.05, 4.69) is 29.3 Å². The van der Waals surface area contributed by atoms with Gasteiger partial charge in [-0.05, 0) is 49.9 Å². The van der Waals surface area contributed by atoms with Crippen LogP contribution in [0, 0.1) is 0 Å². The summed E-state index contributed by atoms with van der Waals surface area (Å²) in [5.41, 5.74) is 3.12. The predicted octanol–water partition coefficient (Wildman–Crippen LogP) is 3.37. The summed E-state index contributed by atoms with van der Waals surface area (Å²) in [5.74, 6) is 0. The molecule has 0 N–H and O–H groups in total. The third-order valence-electron chi connectivity index (χ3n) is 2.47. The van der Waals surface area contributed by atoms with Crippen LogP contribution in [0.2, 0.25) is 0 Å². The van der Waals surface area contributed by atoms with E-state index in [-0.39, 0.29) is 0 Å². The molecule has 0 radical (unpaired) electrons. The molecule has 0 unspecified atom stereocenters. The van der Waals surface area contributed by atoms with Gasteiger partial charge in [0.2, 0.25) is 0 Å². The first-order valence-corrected chi connectivity index (χ1v) is 5.02. The van der Waals surface area contributed by atoms with Crippen LogP contribution < -0.4 is 0 Å². The van der Waals surface area contributed by atoms with Crippen molar-refractivity contribution in [3.63, 3.8) is 0 Å². The van der Waals surface area contributed by atoms with Gasteiger partial charge in [0.1, 0.15) is 0 Å². The van der Waals surface area contributed by atoms with E-state index >= 15 is 0 Å². The number of aliphatic imine (C=N–C) groups is 1. The maximum atomic E-state index is 4.56. The second kappa shape index (κ2) is 5.23. The molecule has 0 aromatic heterocycles. The Morgan fingerprint density at radius 2 is 2.00 bits per heavy atom. The largest absolute Gasteiger partial charge is 0.228 e. The molecule has 0 atom stereocenters. The highest BCUT2D eigenvalue weighted by Gasteiger charge is 2.09. The fourth-order valence-corrected chi connectivity index (χ4v) is 1.84. The summed E-state index contributed by atoms with van der Waals surface area (Å²) >= 11 is 4.56. The molecule has 0 bridgehead atoms. The summed E-state index contributed by atoms with van der Waals surface area (Å²) in [6.07, 6.45) is 6.37. The molecule has 0 spiro atoms. The standard InChI is InChI=1S/C10H15NS/c1-2-9-5-3-4-6-10(9)7-11-8-12/h2-7H2,1H3. The highest BCUT2D eigenvalue weighted by atomic mass is 32.1. The molecule has 0 aliphatic heterocycles. The quantitative estimate of drug-likeness (QED) is 0.369. The fraction of sp³-hybridized carbons (Fsp3) is 0.700. The molecule has 0 aromatic carbocycles. The second-order valence-electron chi connectivity index (χ2n) is 3.18. The topological polar surface area (TPSA) is 12.4 Å². The van der Waals surface area contributed by atoms with Gasteiger partial charge in [0.05, 0.1) is 11.7 Å². The number of thiocarbonyl (C=S) groups is 1. The van der Waals surface area contributed by atoms with Crippen molar-refractivity contribution in [2.24, 2.45) is 4.99 Å². The Morgan fingerprint density at radius 3 is 2.58 bits per heavy atom. The van der Waals surface area contributed by atoms with Gasteiger partial charge in [-0.15, -0.1) is 0 Å². The van der Waals surface area contributed by atoms with E-state index in [1.807, 2.05) is 0 Å². The van der Waals surface area contributed by atoms with Crippen LogP contribution in [-0.4, -0.2) is 11.7 Å². The molecule has 0 saturated carbocycles. The summed E-state index contributed by atoms with van der Waals surface area (Å²) in [5, 5.41) is 2.43. The molecular formula is C10H15NS. The van der Waals surface area contributed by atoms with Gasteiger partial charge < -0.3 is 0 Å². The fourth-order valence-electron chi connectivity index (χ4n) is 1.78. The Kier molecular flexibility index (Phi) is 4.20. The number of nitrogens with zero attached hydrogens (tertiary/aromatic N) is 1. The molecule has 12 heavy (non-hydrogen) atoms. The molecule has 2 heteroatoms. The number of hydrogen-bond donors (Lipinski definition) is 0. The number of rotatable bonds is 3. The van der Waals surface area contributed by atoms with E-state index in [9.17, 15) is 0 Å². The second-order valence-corrected chi connectivity index (χ2v) is 3.36. The number of hydrogen-bond acceptors (Lipinski definition) is 2. The van der Waals surface area contributed by atoms with Crippen LogP contribution in [0.4, 0.5) is 0 Å². The van der Waals surface area contributed by atoms with Crippen molar-refractivity contribution >= 4 is 17.4 Å². The minimum absolute atomic E-state index is 0.798. The van der Waals surface area contributed by atoms with E-state index in [0.29, 0.717) is 0 Å². The van der Waals surface area contributed by atoms with Gasteiger partial charge in [0.25, 0.3) is 0 Å². The van der Waals surface area contributed by atoms with Crippen molar-refractivity contribution in [3.05, 3.63) is 11.1 Å². The lowest BCUT2D eigenvalue weighted by Gasteiger charge is -2.17. The summed E-state index contributed by atoms with van der Waals surface area (Å²) in [4.78, 5) is 4.00. The average Bonchev–Trinajstić information content (AvgIpc) is 2.15. The van der Waals surface area contributed by atoms with Gasteiger partial charge >= 0.3 is 0 Å². The first-order chi connectivity index (χ1) is 5.88. The molecule has 66 valence electrons. The van der Waals surface area contributed by atoms with Gasteiger partial charge in [-0.1, -0.05) is 12.5 Å². The van der Waals surface area contributed by atoms with Crippen LogP contribution in [-0.2, 0) is 0 Å². The van der Waals surface area contributed by atoms with E-state index in [1.165, 1.54) is 37.7 Å². The van der Waals surface area contributed by atoms with Crippen LogP contribution in [0.25, 0.3) is 0 Å². The molecule has 1 aliphatic rings.